The normalized spacial score (nSPS) is 18.2. The van der Waals surface area contributed by atoms with Crippen LogP contribution in [0.4, 0.5) is 6.01 Å². The van der Waals surface area contributed by atoms with Crippen LogP contribution in [0, 0.1) is 0 Å². The molecule has 1 aliphatic rings. The van der Waals surface area contributed by atoms with Gasteiger partial charge in [-0.15, -0.1) is 5.10 Å². The molecule has 1 N–H and O–H groups in total. The summed E-state index contributed by atoms with van der Waals surface area (Å²) in [4.78, 5) is 2.10. The van der Waals surface area contributed by atoms with Crippen molar-refractivity contribution in [2.24, 2.45) is 0 Å². The molecule has 90 valence electrons. The molecule has 1 atom stereocenters. The number of nitrogens with one attached hydrogen (secondary N) is 1. The molecule has 1 fully saturated rings. The third-order valence-corrected chi connectivity index (χ3v) is 3.23. The van der Waals surface area contributed by atoms with Crippen LogP contribution < -0.4 is 10.2 Å². The first-order valence-electron chi connectivity index (χ1n) is 6.02. The molecule has 1 aromatic rings. The predicted molar refractivity (Wildman–Crippen MR) is 62.4 cm³/mol. The van der Waals surface area contributed by atoms with Gasteiger partial charge in [-0.05, 0) is 32.7 Å². The van der Waals surface area contributed by atoms with Gasteiger partial charge in [-0.25, -0.2) is 0 Å². The summed E-state index contributed by atoms with van der Waals surface area (Å²) in [5.41, 5.74) is 0. The zero-order chi connectivity index (χ0) is 11.5. The first kappa shape index (κ1) is 11.4. The maximum absolute atomic E-state index is 5.66. The second-order valence-corrected chi connectivity index (χ2v) is 4.40. The minimum atomic E-state index is 0.126. The summed E-state index contributed by atoms with van der Waals surface area (Å²) in [5, 5.41) is 11.4. The average Bonchev–Trinajstić information content (AvgIpc) is 2.63. The highest BCUT2D eigenvalue weighted by Crippen LogP contribution is 2.27. The van der Waals surface area contributed by atoms with E-state index >= 15 is 0 Å². The molecule has 0 bridgehead atoms. The van der Waals surface area contributed by atoms with Crippen LogP contribution in [-0.2, 0) is 0 Å². The van der Waals surface area contributed by atoms with E-state index in [1.54, 1.807) is 0 Å². The van der Waals surface area contributed by atoms with E-state index in [0.29, 0.717) is 17.9 Å². The third-order valence-electron chi connectivity index (χ3n) is 3.23. The van der Waals surface area contributed by atoms with Crippen LogP contribution >= 0.6 is 0 Å². The highest BCUT2D eigenvalue weighted by molar-refractivity contribution is 5.26. The van der Waals surface area contributed by atoms with Gasteiger partial charge in [0.15, 0.2) is 0 Å². The standard InChI is InChI=1S/C11H20N4O/c1-4-12-8(2)10-13-14-11(16-10)15(3)9-6-5-7-9/h8-9,12H,4-7H2,1-3H3. The number of aromatic nitrogens is 2. The fraction of sp³-hybridized carbons (Fsp3) is 0.818. The molecule has 0 aromatic carbocycles. The van der Waals surface area contributed by atoms with Gasteiger partial charge in [-0.3, -0.25) is 0 Å². The Labute approximate surface area is 96.2 Å². The molecule has 2 rings (SSSR count). The van der Waals surface area contributed by atoms with Crippen molar-refractivity contribution in [3.05, 3.63) is 5.89 Å². The van der Waals surface area contributed by atoms with Gasteiger partial charge in [-0.1, -0.05) is 12.0 Å². The second kappa shape index (κ2) is 4.82. The lowest BCUT2D eigenvalue weighted by Gasteiger charge is -2.33. The Hall–Kier alpha value is -1.10. The molecule has 1 aromatic heterocycles. The van der Waals surface area contributed by atoms with Gasteiger partial charge in [0, 0.05) is 13.1 Å². The van der Waals surface area contributed by atoms with E-state index in [-0.39, 0.29) is 6.04 Å². The molecule has 0 amide bonds. The monoisotopic (exact) mass is 224 g/mol. The molecule has 1 aliphatic carbocycles. The molecule has 0 spiro atoms. The summed E-state index contributed by atoms with van der Waals surface area (Å²) in [6.07, 6.45) is 3.78. The summed E-state index contributed by atoms with van der Waals surface area (Å²) in [6, 6.07) is 1.35. The Bertz CT molecular complexity index is 334. The molecule has 1 unspecified atom stereocenters. The Morgan fingerprint density at radius 3 is 2.81 bits per heavy atom. The van der Waals surface area contributed by atoms with E-state index in [9.17, 15) is 0 Å². The van der Waals surface area contributed by atoms with Crippen molar-refractivity contribution in [1.82, 2.24) is 15.5 Å². The molecule has 5 heteroatoms. The zero-order valence-corrected chi connectivity index (χ0v) is 10.2. The smallest absolute Gasteiger partial charge is 0.318 e. The van der Waals surface area contributed by atoms with Crippen LogP contribution in [0.5, 0.6) is 0 Å². The number of hydrogen-bond donors (Lipinski definition) is 1. The van der Waals surface area contributed by atoms with E-state index in [1.807, 2.05) is 14.0 Å². The number of hydrogen-bond acceptors (Lipinski definition) is 5. The van der Waals surface area contributed by atoms with Crippen LogP contribution in [0.1, 0.15) is 45.0 Å². The lowest BCUT2D eigenvalue weighted by Crippen LogP contribution is -2.37. The summed E-state index contributed by atoms with van der Waals surface area (Å²) in [5.74, 6) is 0.669. The zero-order valence-electron chi connectivity index (χ0n) is 10.2. The molecule has 0 saturated heterocycles. The Morgan fingerprint density at radius 2 is 2.25 bits per heavy atom. The SMILES string of the molecule is CCNC(C)c1nnc(N(C)C2CCC2)o1. The highest BCUT2D eigenvalue weighted by Gasteiger charge is 2.26. The Morgan fingerprint density at radius 1 is 1.50 bits per heavy atom. The largest absolute Gasteiger partial charge is 0.406 e. The van der Waals surface area contributed by atoms with Gasteiger partial charge in [0.2, 0.25) is 5.89 Å². The number of anilines is 1. The van der Waals surface area contributed by atoms with E-state index in [2.05, 4.69) is 27.3 Å². The fourth-order valence-corrected chi connectivity index (χ4v) is 1.87. The molecular formula is C11H20N4O. The average molecular weight is 224 g/mol. The van der Waals surface area contributed by atoms with Crippen LogP contribution in [0.3, 0.4) is 0 Å². The maximum Gasteiger partial charge on any atom is 0.318 e. The predicted octanol–water partition coefficient (Wildman–Crippen LogP) is 1.73. The summed E-state index contributed by atoms with van der Waals surface area (Å²) in [7, 11) is 2.03. The highest BCUT2D eigenvalue weighted by atomic mass is 16.4. The van der Waals surface area contributed by atoms with E-state index < -0.39 is 0 Å². The molecule has 1 heterocycles. The van der Waals surface area contributed by atoms with Gasteiger partial charge < -0.3 is 14.6 Å². The van der Waals surface area contributed by atoms with Crippen molar-refractivity contribution in [3.63, 3.8) is 0 Å². The molecule has 0 aliphatic heterocycles. The van der Waals surface area contributed by atoms with Crippen molar-refractivity contribution >= 4 is 6.01 Å². The topological polar surface area (TPSA) is 54.2 Å². The quantitative estimate of drug-likeness (QED) is 0.825. The van der Waals surface area contributed by atoms with Crippen molar-refractivity contribution < 1.29 is 4.42 Å². The van der Waals surface area contributed by atoms with E-state index in [1.165, 1.54) is 19.3 Å². The third kappa shape index (κ3) is 2.19. The molecule has 5 nitrogen and oxygen atoms in total. The first-order chi connectivity index (χ1) is 7.72. The van der Waals surface area contributed by atoms with Gasteiger partial charge in [0.05, 0.1) is 6.04 Å². The van der Waals surface area contributed by atoms with Crippen molar-refractivity contribution in [3.8, 4) is 0 Å². The molecule has 16 heavy (non-hydrogen) atoms. The fourth-order valence-electron chi connectivity index (χ4n) is 1.87. The van der Waals surface area contributed by atoms with Crippen LogP contribution in [-0.4, -0.2) is 29.8 Å². The van der Waals surface area contributed by atoms with Crippen LogP contribution in [0.25, 0.3) is 0 Å². The van der Waals surface area contributed by atoms with E-state index in [4.69, 9.17) is 4.42 Å². The summed E-state index contributed by atoms with van der Waals surface area (Å²) >= 11 is 0. The lowest BCUT2D eigenvalue weighted by atomic mass is 9.92. The maximum atomic E-state index is 5.66. The van der Waals surface area contributed by atoms with Gasteiger partial charge in [0.25, 0.3) is 0 Å². The van der Waals surface area contributed by atoms with Crippen molar-refractivity contribution in [1.29, 1.82) is 0 Å². The Balaban J connectivity index is 2.00. The van der Waals surface area contributed by atoms with Gasteiger partial charge in [-0.2, -0.15) is 0 Å². The molecular weight excluding hydrogens is 204 g/mol. The second-order valence-electron chi connectivity index (χ2n) is 4.40. The van der Waals surface area contributed by atoms with Crippen molar-refractivity contribution in [2.75, 3.05) is 18.5 Å². The number of rotatable bonds is 5. The summed E-state index contributed by atoms with van der Waals surface area (Å²) < 4.78 is 5.66. The van der Waals surface area contributed by atoms with Crippen molar-refractivity contribution in [2.45, 2.75) is 45.2 Å². The van der Waals surface area contributed by atoms with Gasteiger partial charge >= 0.3 is 6.01 Å². The molecule has 1 saturated carbocycles. The minimum absolute atomic E-state index is 0.126. The lowest BCUT2D eigenvalue weighted by molar-refractivity contribution is 0.365. The summed E-state index contributed by atoms with van der Waals surface area (Å²) in [6.45, 7) is 5.00. The van der Waals surface area contributed by atoms with Crippen LogP contribution in [0.15, 0.2) is 4.42 Å². The minimum Gasteiger partial charge on any atom is -0.406 e. The Kier molecular flexibility index (Phi) is 3.43. The first-order valence-corrected chi connectivity index (χ1v) is 6.02. The van der Waals surface area contributed by atoms with E-state index in [0.717, 1.165) is 6.54 Å². The van der Waals surface area contributed by atoms with Crippen LogP contribution in [0.2, 0.25) is 0 Å². The number of nitrogens with zero attached hydrogens (tertiary/aromatic N) is 3. The van der Waals surface area contributed by atoms with Gasteiger partial charge in [0.1, 0.15) is 0 Å². The molecule has 0 radical (unpaired) electrons.